The number of aromatic nitrogens is 3. The lowest BCUT2D eigenvalue weighted by molar-refractivity contribution is 0.110. The smallest absolute Gasteiger partial charge is 0.185 e. The van der Waals surface area contributed by atoms with Crippen molar-refractivity contribution in [3.8, 4) is 126 Å². The van der Waals surface area contributed by atoms with Crippen LogP contribution in [0.15, 0.2) is 89.3 Å². The molecule has 0 aliphatic carbocycles. The Morgan fingerprint density at radius 2 is 0.677 bits per heavy atom. The summed E-state index contributed by atoms with van der Waals surface area (Å²) in [7, 11) is 3.05. The van der Waals surface area contributed by atoms with Crippen LogP contribution in [0.3, 0.4) is 0 Å². The van der Waals surface area contributed by atoms with Crippen LogP contribution >= 0.6 is 0 Å². The highest BCUT2D eigenvalue weighted by atomic mass is 16.5. The van der Waals surface area contributed by atoms with E-state index in [1.807, 2.05) is 0 Å². The molecule has 11 N–H and O–H groups in total. The van der Waals surface area contributed by atoms with Crippen molar-refractivity contribution < 1.29 is 74.9 Å². The maximum atomic E-state index is 11.3. The second kappa shape index (κ2) is 36.8. The van der Waals surface area contributed by atoms with Gasteiger partial charge in [0, 0.05) is 47.5 Å². The highest BCUT2D eigenvalue weighted by Gasteiger charge is 2.26. The molecule has 2 heterocycles. The van der Waals surface area contributed by atoms with E-state index in [2.05, 4.69) is 34.6 Å². The number of aliphatic hydroxyl groups is 1. The van der Waals surface area contributed by atoms with Crippen LogP contribution in [0.25, 0.3) is 56.6 Å². The molecule has 0 saturated heterocycles. The van der Waals surface area contributed by atoms with Crippen LogP contribution in [0.2, 0.25) is 0 Å². The van der Waals surface area contributed by atoms with Crippen LogP contribution in [-0.4, -0.2) is 91.6 Å². The van der Waals surface area contributed by atoms with Gasteiger partial charge in [-0.3, -0.25) is 4.79 Å². The molecule has 0 unspecified atom stereocenters. The van der Waals surface area contributed by atoms with Gasteiger partial charge in [-0.1, -0.05) is 118 Å². The van der Waals surface area contributed by atoms with Crippen LogP contribution < -0.4 is 9.47 Å². The van der Waals surface area contributed by atoms with Crippen molar-refractivity contribution >= 4 is 6.29 Å². The van der Waals surface area contributed by atoms with E-state index in [4.69, 9.17) is 28.8 Å². The Hall–Kier alpha value is -9.16. The van der Waals surface area contributed by atoms with Crippen molar-refractivity contribution in [2.24, 2.45) is 0 Å². The van der Waals surface area contributed by atoms with Gasteiger partial charge in [0.25, 0.3) is 0 Å². The maximum Gasteiger partial charge on any atom is 0.185 e. The second-order valence-corrected chi connectivity index (χ2v) is 23.5. The predicted molar refractivity (Wildman–Crippen MR) is 363 cm³/mol. The van der Waals surface area contributed by atoms with Gasteiger partial charge in [0.05, 0.1) is 43.1 Å². The van der Waals surface area contributed by atoms with Crippen molar-refractivity contribution in [2.75, 3.05) is 14.2 Å². The number of hydrogen-bond acceptors (Lipinski definition) is 18. The standard InChI is InChI=1S/C39H51N3O6.C22H30O4.C14H14O5/c1-4-7-10-13-16-25-19-28(43)22-31(46)34(25)37-40-38(35-26(17-14-11-8-5-2)20-29(44)23-32(35)47)42-39(41-37)36-27(18-15-12-9-6-3)21-30(45)24-33(36)48;1-3-5-7-9-15-11-17(23)13-19(25)21(15)22-16(10-8-6-4-2)12-18(24)14-20(22)26;1-17-11-5-9(7-15)14(13(6-11)18-2)12-4-3-10(8-16)19-12/h19-24,43-48H,4-18H2,1-3H3;11-14,23-26H,3-10H2,1-2H3;3-6,8,15H,7H2,1-2H3. The quantitative estimate of drug-likeness (QED) is 0.0138. The molecule has 0 saturated carbocycles. The van der Waals surface area contributed by atoms with Gasteiger partial charge in [-0.2, -0.15) is 0 Å². The lowest BCUT2D eigenvalue weighted by atomic mass is 9.89. The Morgan fingerprint density at radius 3 is 0.968 bits per heavy atom. The molecular weight excluding hydrogens is 1180 g/mol. The zero-order valence-electron chi connectivity index (χ0n) is 55.0. The average molecular weight is 1280 g/mol. The third kappa shape index (κ3) is 20.2. The molecule has 8 aromatic rings. The summed E-state index contributed by atoms with van der Waals surface area (Å²) in [6.07, 6.45) is 21.7. The van der Waals surface area contributed by atoms with Gasteiger partial charge in [-0.15, -0.1) is 0 Å². The first-order valence-corrected chi connectivity index (χ1v) is 32.8. The lowest BCUT2D eigenvalue weighted by Gasteiger charge is -2.18. The van der Waals surface area contributed by atoms with E-state index in [1.165, 1.54) is 44.6 Å². The number of aldehydes is 1. The number of aromatic hydroxyl groups is 10. The molecule has 0 atom stereocenters. The zero-order chi connectivity index (χ0) is 67.6. The molecular formula is C75H95N3O15. The molecule has 0 radical (unpaired) electrons. The van der Waals surface area contributed by atoms with Gasteiger partial charge in [0.1, 0.15) is 74.8 Å². The average Bonchev–Trinajstić information content (AvgIpc) is 1.81. The summed E-state index contributed by atoms with van der Waals surface area (Å²) in [5, 5.41) is 115. The summed E-state index contributed by atoms with van der Waals surface area (Å²) in [5.41, 5.74) is 6.94. The van der Waals surface area contributed by atoms with Gasteiger partial charge in [-0.25, -0.2) is 15.0 Å². The molecule has 0 bridgehead atoms. The third-order valence-corrected chi connectivity index (χ3v) is 16.2. The zero-order valence-corrected chi connectivity index (χ0v) is 55.0. The largest absolute Gasteiger partial charge is 0.508 e. The van der Waals surface area contributed by atoms with Gasteiger partial charge in [0.15, 0.2) is 29.5 Å². The molecule has 0 fully saturated rings. The Labute approximate surface area is 546 Å². The number of aliphatic hydroxyl groups excluding tert-OH is 1. The Kier molecular flexibility index (Phi) is 28.8. The molecule has 0 aliphatic heterocycles. The molecule has 6 aromatic carbocycles. The van der Waals surface area contributed by atoms with Crippen LogP contribution in [0, 0.1) is 0 Å². The molecule has 500 valence electrons. The number of unbranched alkanes of at least 4 members (excludes halogenated alkanes) is 13. The fourth-order valence-corrected chi connectivity index (χ4v) is 11.6. The van der Waals surface area contributed by atoms with Gasteiger partial charge < -0.3 is 70.1 Å². The van der Waals surface area contributed by atoms with Crippen molar-refractivity contribution in [3.63, 3.8) is 0 Å². The SMILES string of the molecule is CCCCCCc1cc(O)cc(O)c1-c1nc(-c2c(O)cc(O)cc2CCCCCC)nc(-c2c(O)cc(O)cc2CCCCCC)n1.CCCCCc1cc(O)cc(O)c1-c1c(O)cc(O)cc1CCCCC.COc1cc(CO)c(-c2ccc(C=O)o2)c(OC)c1. The number of aryl methyl sites for hydroxylation is 5. The number of methoxy groups -OCH3 is 2. The van der Waals surface area contributed by atoms with Crippen molar-refractivity contribution in [2.45, 2.75) is 189 Å². The summed E-state index contributed by atoms with van der Waals surface area (Å²) >= 11 is 0. The van der Waals surface area contributed by atoms with E-state index < -0.39 is 0 Å². The number of nitrogens with zero attached hydrogens (tertiary/aromatic N) is 3. The molecule has 18 nitrogen and oxygen atoms in total. The molecule has 0 amide bonds. The number of phenolic OH excluding ortho intramolecular Hbond substituents is 10. The fourth-order valence-electron chi connectivity index (χ4n) is 11.6. The van der Waals surface area contributed by atoms with Gasteiger partial charge >= 0.3 is 0 Å². The summed E-state index contributed by atoms with van der Waals surface area (Å²) in [6.45, 7) is 10.4. The van der Waals surface area contributed by atoms with E-state index in [0.717, 1.165) is 127 Å². The summed E-state index contributed by atoms with van der Waals surface area (Å²) in [5.74, 6) is 1.23. The summed E-state index contributed by atoms with van der Waals surface area (Å²) in [6, 6.07) is 21.1. The molecule has 8 rings (SSSR count). The Morgan fingerprint density at radius 1 is 0.366 bits per heavy atom. The molecule has 0 spiro atoms. The highest BCUT2D eigenvalue weighted by molar-refractivity contribution is 5.83. The number of furan rings is 1. The third-order valence-electron chi connectivity index (χ3n) is 16.2. The first kappa shape index (κ1) is 72.9. The minimum Gasteiger partial charge on any atom is -0.508 e. The predicted octanol–water partition coefficient (Wildman–Crippen LogP) is 17.4. The van der Waals surface area contributed by atoms with Crippen molar-refractivity contribution in [3.05, 3.63) is 124 Å². The number of rotatable bonds is 32. The van der Waals surface area contributed by atoms with Gasteiger partial charge in [0.2, 0.25) is 0 Å². The lowest BCUT2D eigenvalue weighted by Crippen LogP contribution is -2.05. The van der Waals surface area contributed by atoms with Crippen LogP contribution in [0.4, 0.5) is 0 Å². The number of benzene rings is 6. The molecule has 18 heteroatoms. The van der Waals surface area contributed by atoms with E-state index in [1.54, 1.807) is 54.6 Å². The van der Waals surface area contributed by atoms with E-state index in [-0.39, 0.29) is 87.3 Å². The number of ether oxygens (including phenoxy) is 2. The molecule has 2 aromatic heterocycles. The molecule has 0 aliphatic rings. The topological polar surface area (TPSA) is 310 Å². The van der Waals surface area contributed by atoms with Crippen LogP contribution in [0.1, 0.15) is 194 Å². The Balaban J connectivity index is 0.000000253. The Bertz CT molecular complexity index is 3410. The highest BCUT2D eigenvalue weighted by Crippen LogP contribution is 2.47. The maximum absolute atomic E-state index is 11.3. The van der Waals surface area contributed by atoms with E-state index in [0.29, 0.717) is 111 Å². The number of hydrogen-bond donors (Lipinski definition) is 11. The number of carbonyl (C=O) groups excluding carboxylic acids is 1. The normalized spacial score (nSPS) is 11.0. The molecule has 93 heavy (non-hydrogen) atoms. The minimum atomic E-state index is -0.201. The van der Waals surface area contributed by atoms with Gasteiger partial charge in [-0.05, 0) is 146 Å². The minimum absolute atomic E-state index is 0.0172. The van der Waals surface area contributed by atoms with E-state index in [9.17, 15) is 61.0 Å². The monoisotopic (exact) mass is 1280 g/mol. The van der Waals surface area contributed by atoms with E-state index >= 15 is 0 Å². The van der Waals surface area contributed by atoms with Crippen molar-refractivity contribution in [1.82, 2.24) is 15.0 Å². The number of carbonyl (C=O) groups is 1. The fraction of sp³-hybridized carbons (Fsp3) is 0.413. The van der Waals surface area contributed by atoms with Crippen LogP contribution in [0.5, 0.6) is 69.0 Å². The number of phenols is 10. The van der Waals surface area contributed by atoms with Crippen molar-refractivity contribution in [1.29, 1.82) is 0 Å². The van der Waals surface area contributed by atoms with Crippen LogP contribution in [-0.2, 0) is 38.7 Å². The summed E-state index contributed by atoms with van der Waals surface area (Å²) in [4.78, 5) is 25.1. The first-order chi connectivity index (χ1) is 44.9. The summed E-state index contributed by atoms with van der Waals surface area (Å²) < 4.78 is 15.8. The first-order valence-electron chi connectivity index (χ1n) is 32.8. The second-order valence-electron chi connectivity index (χ2n) is 23.5.